The molecule has 1 aromatic carbocycles. The maximum atomic E-state index is 10.9. The number of benzene rings is 1. The molecule has 3 fully saturated rings. The second kappa shape index (κ2) is 4.20. The van der Waals surface area contributed by atoms with Crippen LogP contribution in [0, 0.1) is 17.8 Å². The highest BCUT2D eigenvalue weighted by atomic mass is 16.3. The highest BCUT2D eigenvalue weighted by molar-refractivity contribution is 5.69. The van der Waals surface area contributed by atoms with Crippen LogP contribution in [0.15, 0.2) is 36.8 Å². The number of aliphatic hydroxyl groups is 1. The summed E-state index contributed by atoms with van der Waals surface area (Å²) in [4.78, 5) is 4.36. The lowest BCUT2D eigenvalue weighted by atomic mass is 9.60. The normalized spacial score (nSPS) is 36.5. The van der Waals surface area contributed by atoms with Crippen molar-refractivity contribution in [1.29, 1.82) is 0 Å². The molecule has 21 heavy (non-hydrogen) atoms. The van der Waals surface area contributed by atoms with Crippen molar-refractivity contribution in [3.63, 3.8) is 0 Å². The molecule has 3 atom stereocenters. The molecule has 0 saturated heterocycles. The van der Waals surface area contributed by atoms with Gasteiger partial charge >= 0.3 is 0 Å². The third-order valence-electron chi connectivity index (χ3n) is 6.12. The van der Waals surface area contributed by atoms with E-state index >= 15 is 0 Å². The highest BCUT2D eigenvalue weighted by Crippen LogP contribution is 2.54. The number of aliphatic hydroxyl groups excluding tert-OH is 1. The van der Waals surface area contributed by atoms with E-state index < -0.39 is 0 Å². The number of hydrogen-bond acceptors (Lipinski definition) is 2. The molecular weight excluding hydrogens is 260 g/mol. The molecule has 3 saturated carbocycles. The van der Waals surface area contributed by atoms with Crippen LogP contribution in [-0.2, 0) is 0 Å². The standard InChI is InChI=1S/C18H20N2O/c21-18-12-7-5-11(6-8-12)16(18)17-14-4-2-1-3-13(14)15-9-19-10-20(15)17/h1-4,9-12,16-18,21H,5-8H2/t11?,12?,16-,17-,18-/m1/s1. The lowest BCUT2D eigenvalue weighted by molar-refractivity contribution is -0.0693. The van der Waals surface area contributed by atoms with Crippen molar-refractivity contribution in [3.8, 4) is 11.3 Å². The Hall–Kier alpha value is -1.61. The fourth-order valence-electron chi connectivity index (χ4n) is 5.17. The summed E-state index contributed by atoms with van der Waals surface area (Å²) in [5.41, 5.74) is 3.89. The fourth-order valence-corrected chi connectivity index (χ4v) is 5.17. The SMILES string of the molecule is O[C@@H]1C2CCC(CC2)[C@@H]1[C@H]1c2ccccc2-c2cncn21. The van der Waals surface area contributed by atoms with Crippen LogP contribution >= 0.6 is 0 Å². The Labute approximate surface area is 124 Å². The third-order valence-corrected chi connectivity index (χ3v) is 6.12. The second-order valence-electron chi connectivity index (χ2n) is 6.96. The Kier molecular flexibility index (Phi) is 2.40. The number of nitrogens with zero attached hydrogens (tertiary/aromatic N) is 2. The van der Waals surface area contributed by atoms with Gasteiger partial charge in [-0.15, -0.1) is 0 Å². The van der Waals surface area contributed by atoms with Crippen molar-refractivity contribution in [2.75, 3.05) is 0 Å². The predicted molar refractivity (Wildman–Crippen MR) is 80.7 cm³/mol. The topological polar surface area (TPSA) is 38.1 Å². The summed E-state index contributed by atoms with van der Waals surface area (Å²) in [6, 6.07) is 8.93. The Balaban J connectivity index is 1.67. The quantitative estimate of drug-likeness (QED) is 0.870. The predicted octanol–water partition coefficient (Wildman–Crippen LogP) is 3.25. The Morgan fingerprint density at radius 2 is 1.81 bits per heavy atom. The van der Waals surface area contributed by atoms with Gasteiger partial charge in [-0.3, -0.25) is 0 Å². The molecule has 2 aromatic rings. The molecule has 3 heteroatoms. The number of imidazole rings is 1. The maximum Gasteiger partial charge on any atom is 0.0956 e. The van der Waals surface area contributed by atoms with Crippen LogP contribution in [0.2, 0.25) is 0 Å². The van der Waals surface area contributed by atoms with Crippen LogP contribution in [0.25, 0.3) is 11.3 Å². The first-order chi connectivity index (χ1) is 10.3. The molecule has 1 aliphatic heterocycles. The molecule has 3 nitrogen and oxygen atoms in total. The molecule has 6 rings (SSSR count). The van der Waals surface area contributed by atoms with Crippen molar-refractivity contribution < 1.29 is 5.11 Å². The first kappa shape index (κ1) is 12.0. The maximum absolute atomic E-state index is 10.9. The molecule has 1 aromatic heterocycles. The van der Waals surface area contributed by atoms with E-state index in [1.807, 2.05) is 12.5 Å². The zero-order chi connectivity index (χ0) is 14.0. The van der Waals surface area contributed by atoms with Gasteiger partial charge in [-0.25, -0.2) is 4.98 Å². The number of rotatable bonds is 1. The summed E-state index contributed by atoms with van der Waals surface area (Å²) in [6.45, 7) is 0. The van der Waals surface area contributed by atoms with Gasteiger partial charge in [0.15, 0.2) is 0 Å². The van der Waals surface area contributed by atoms with Crippen LogP contribution < -0.4 is 0 Å². The van der Waals surface area contributed by atoms with E-state index in [1.54, 1.807) is 0 Å². The van der Waals surface area contributed by atoms with Gasteiger partial charge < -0.3 is 9.67 Å². The van der Waals surface area contributed by atoms with Gasteiger partial charge in [0, 0.05) is 11.5 Å². The van der Waals surface area contributed by atoms with Crippen LogP contribution in [-0.4, -0.2) is 20.8 Å². The van der Waals surface area contributed by atoms with E-state index in [2.05, 4.69) is 33.8 Å². The minimum Gasteiger partial charge on any atom is -0.392 e. The van der Waals surface area contributed by atoms with E-state index in [4.69, 9.17) is 0 Å². The zero-order valence-electron chi connectivity index (χ0n) is 12.0. The average Bonchev–Trinajstić information content (AvgIpc) is 3.10. The van der Waals surface area contributed by atoms with Crippen molar-refractivity contribution in [1.82, 2.24) is 9.55 Å². The van der Waals surface area contributed by atoms with Gasteiger partial charge in [0.05, 0.1) is 30.4 Å². The Morgan fingerprint density at radius 3 is 2.62 bits per heavy atom. The third kappa shape index (κ3) is 1.50. The number of hydrogen-bond donors (Lipinski definition) is 1. The molecule has 0 unspecified atom stereocenters. The molecule has 0 radical (unpaired) electrons. The Morgan fingerprint density at radius 1 is 1.05 bits per heavy atom. The molecule has 2 heterocycles. The van der Waals surface area contributed by atoms with Crippen molar-refractivity contribution in [2.24, 2.45) is 17.8 Å². The number of aromatic nitrogens is 2. The van der Waals surface area contributed by atoms with Crippen molar-refractivity contribution >= 4 is 0 Å². The van der Waals surface area contributed by atoms with Gasteiger partial charge in [-0.05, 0) is 43.1 Å². The fraction of sp³-hybridized carbons (Fsp3) is 0.500. The summed E-state index contributed by atoms with van der Waals surface area (Å²) in [7, 11) is 0. The van der Waals surface area contributed by atoms with Crippen LogP contribution in [0.4, 0.5) is 0 Å². The van der Waals surface area contributed by atoms with E-state index in [0.717, 1.165) is 0 Å². The molecule has 0 amide bonds. The lowest BCUT2D eigenvalue weighted by Gasteiger charge is -2.49. The minimum absolute atomic E-state index is 0.149. The van der Waals surface area contributed by atoms with Crippen LogP contribution in [0.1, 0.15) is 37.3 Å². The van der Waals surface area contributed by atoms with E-state index in [0.29, 0.717) is 17.8 Å². The van der Waals surface area contributed by atoms with E-state index in [-0.39, 0.29) is 12.1 Å². The summed E-state index contributed by atoms with van der Waals surface area (Å²) < 4.78 is 2.30. The first-order valence-electron chi connectivity index (χ1n) is 8.14. The van der Waals surface area contributed by atoms with Gasteiger partial charge in [0.2, 0.25) is 0 Å². The summed E-state index contributed by atoms with van der Waals surface area (Å²) in [5, 5.41) is 10.9. The second-order valence-corrected chi connectivity index (χ2v) is 6.96. The van der Waals surface area contributed by atoms with E-state index in [1.165, 1.54) is 42.5 Å². The molecule has 0 spiro atoms. The summed E-state index contributed by atoms with van der Waals surface area (Å²) in [6.07, 6.45) is 8.77. The first-order valence-corrected chi connectivity index (χ1v) is 8.14. The van der Waals surface area contributed by atoms with Crippen molar-refractivity contribution in [2.45, 2.75) is 37.8 Å². The smallest absolute Gasteiger partial charge is 0.0956 e. The molecule has 108 valence electrons. The summed E-state index contributed by atoms with van der Waals surface area (Å²) in [5.74, 6) is 1.53. The molecule has 3 aliphatic carbocycles. The van der Waals surface area contributed by atoms with Crippen LogP contribution in [0.5, 0.6) is 0 Å². The van der Waals surface area contributed by atoms with Crippen LogP contribution in [0.3, 0.4) is 0 Å². The zero-order valence-corrected chi connectivity index (χ0v) is 12.0. The molecule has 1 N–H and O–H groups in total. The summed E-state index contributed by atoms with van der Waals surface area (Å²) >= 11 is 0. The monoisotopic (exact) mass is 280 g/mol. The average molecular weight is 280 g/mol. The highest BCUT2D eigenvalue weighted by Gasteiger charge is 2.49. The molecule has 4 aliphatic rings. The molecular formula is C18H20N2O. The minimum atomic E-state index is -0.149. The van der Waals surface area contributed by atoms with Crippen molar-refractivity contribution in [3.05, 3.63) is 42.4 Å². The van der Waals surface area contributed by atoms with Gasteiger partial charge in [-0.2, -0.15) is 0 Å². The van der Waals surface area contributed by atoms with Gasteiger partial charge in [0.25, 0.3) is 0 Å². The lowest BCUT2D eigenvalue weighted by Crippen LogP contribution is -2.47. The largest absolute Gasteiger partial charge is 0.392 e. The van der Waals surface area contributed by atoms with Gasteiger partial charge in [0.1, 0.15) is 0 Å². The van der Waals surface area contributed by atoms with E-state index in [9.17, 15) is 5.11 Å². The Bertz CT molecular complexity index is 682. The molecule has 2 bridgehead atoms. The number of fused-ring (bicyclic) bond motifs is 6. The van der Waals surface area contributed by atoms with Gasteiger partial charge in [-0.1, -0.05) is 24.3 Å².